The lowest BCUT2D eigenvalue weighted by atomic mass is 10.1. The summed E-state index contributed by atoms with van der Waals surface area (Å²) in [6.45, 7) is 12.0. The second-order valence-corrected chi connectivity index (χ2v) is 8.48. The van der Waals surface area contributed by atoms with Gasteiger partial charge in [-0.1, -0.05) is 32.0 Å². The third-order valence-corrected chi connectivity index (χ3v) is 6.33. The molecule has 3 heterocycles. The zero-order valence-corrected chi connectivity index (χ0v) is 19.4. The van der Waals surface area contributed by atoms with Crippen LogP contribution in [-0.4, -0.2) is 68.0 Å². The Labute approximate surface area is 188 Å². The van der Waals surface area contributed by atoms with Crippen LogP contribution < -0.4 is 5.56 Å². The lowest BCUT2D eigenvalue weighted by molar-refractivity contribution is -0.137. The highest BCUT2D eigenvalue weighted by Crippen LogP contribution is 2.22. The number of nitrogens with zero attached hydrogens (tertiary/aromatic N) is 6. The normalized spacial score (nSPS) is 15.9. The van der Waals surface area contributed by atoms with Gasteiger partial charge >= 0.3 is 0 Å². The molecule has 1 aliphatic heterocycles. The van der Waals surface area contributed by atoms with Crippen LogP contribution in [0.4, 0.5) is 0 Å². The average molecular weight is 437 g/mol. The monoisotopic (exact) mass is 436 g/mol. The minimum atomic E-state index is -0.609. The molecule has 0 aliphatic carbocycles. The Hall–Kier alpha value is -3.00. The van der Waals surface area contributed by atoms with Crippen LogP contribution >= 0.6 is 0 Å². The van der Waals surface area contributed by atoms with Gasteiger partial charge in [-0.2, -0.15) is 10.2 Å². The molecule has 3 aromatic rings. The van der Waals surface area contributed by atoms with Crippen molar-refractivity contribution in [2.45, 2.75) is 46.6 Å². The Morgan fingerprint density at radius 2 is 1.72 bits per heavy atom. The molecule has 1 aromatic carbocycles. The highest BCUT2D eigenvalue weighted by Gasteiger charge is 2.30. The van der Waals surface area contributed by atoms with Crippen LogP contribution in [0.2, 0.25) is 0 Å². The Balaban J connectivity index is 1.70. The Kier molecular flexibility index (Phi) is 6.41. The largest absolute Gasteiger partial charge is 0.338 e. The van der Waals surface area contributed by atoms with Gasteiger partial charge in [0.05, 0.1) is 22.5 Å². The molecule has 170 valence electrons. The van der Waals surface area contributed by atoms with Crippen molar-refractivity contribution in [1.82, 2.24) is 29.4 Å². The van der Waals surface area contributed by atoms with Crippen molar-refractivity contribution in [2.24, 2.45) is 0 Å². The molecule has 0 radical (unpaired) electrons. The summed E-state index contributed by atoms with van der Waals surface area (Å²) in [7, 11) is 0. The summed E-state index contributed by atoms with van der Waals surface area (Å²) < 4.78 is 3.17. The molecule has 2 aromatic heterocycles. The van der Waals surface area contributed by atoms with E-state index in [1.165, 1.54) is 4.68 Å². The predicted molar refractivity (Wildman–Crippen MR) is 125 cm³/mol. The summed E-state index contributed by atoms with van der Waals surface area (Å²) in [6.07, 6.45) is 1.62. The van der Waals surface area contributed by atoms with E-state index in [2.05, 4.69) is 22.0 Å². The summed E-state index contributed by atoms with van der Waals surface area (Å²) in [4.78, 5) is 31.2. The molecule has 1 saturated heterocycles. The molecule has 0 unspecified atom stereocenters. The maximum atomic E-state index is 13.5. The first-order chi connectivity index (χ1) is 15.5. The van der Waals surface area contributed by atoms with E-state index in [-0.39, 0.29) is 11.5 Å². The first kappa shape index (κ1) is 22.2. The standard InChI is InChI=1S/C24H32N6O2/c1-5-12-27-13-15-28(16-14-27)23(31)20(6-2)30-24(32)21-18(4)29(19-10-8-7-9-11-19)26-22(21)17(3)25-30/h7-11,20H,5-6,12-16H2,1-4H3/t20-/m1/s1. The maximum absolute atomic E-state index is 13.5. The summed E-state index contributed by atoms with van der Waals surface area (Å²) in [5.41, 5.74) is 2.63. The molecule has 1 atom stereocenters. The first-order valence-electron chi connectivity index (χ1n) is 11.5. The van der Waals surface area contributed by atoms with E-state index >= 15 is 0 Å². The topological polar surface area (TPSA) is 76.3 Å². The van der Waals surface area contributed by atoms with E-state index in [9.17, 15) is 9.59 Å². The molecule has 0 bridgehead atoms. The highest BCUT2D eigenvalue weighted by molar-refractivity contribution is 5.84. The van der Waals surface area contributed by atoms with Crippen LogP contribution in [0.1, 0.15) is 44.1 Å². The van der Waals surface area contributed by atoms with Gasteiger partial charge in [0.15, 0.2) is 0 Å². The van der Waals surface area contributed by atoms with Gasteiger partial charge in [0.25, 0.3) is 5.56 Å². The molecule has 0 spiro atoms. The van der Waals surface area contributed by atoms with Crippen LogP contribution in [-0.2, 0) is 4.79 Å². The highest BCUT2D eigenvalue weighted by atomic mass is 16.2. The average Bonchev–Trinajstić information content (AvgIpc) is 3.17. The van der Waals surface area contributed by atoms with Crippen LogP contribution in [0.15, 0.2) is 35.1 Å². The van der Waals surface area contributed by atoms with Gasteiger partial charge < -0.3 is 4.90 Å². The second kappa shape index (κ2) is 9.24. The number of amides is 1. The van der Waals surface area contributed by atoms with Crippen molar-refractivity contribution in [3.8, 4) is 5.69 Å². The molecule has 0 saturated carbocycles. The minimum Gasteiger partial charge on any atom is -0.338 e. The number of benzene rings is 1. The lowest BCUT2D eigenvalue weighted by Crippen LogP contribution is -2.51. The summed E-state index contributed by atoms with van der Waals surface area (Å²) in [6, 6.07) is 9.13. The third-order valence-electron chi connectivity index (χ3n) is 6.33. The van der Waals surface area contributed by atoms with Crippen molar-refractivity contribution < 1.29 is 4.79 Å². The second-order valence-electron chi connectivity index (χ2n) is 8.48. The zero-order valence-electron chi connectivity index (χ0n) is 19.4. The molecule has 1 fully saturated rings. The molecular formula is C24H32N6O2. The summed E-state index contributed by atoms with van der Waals surface area (Å²) in [5, 5.41) is 9.75. The van der Waals surface area contributed by atoms with Gasteiger partial charge in [0, 0.05) is 26.2 Å². The van der Waals surface area contributed by atoms with Gasteiger partial charge in [-0.25, -0.2) is 9.36 Å². The molecule has 1 amide bonds. The van der Waals surface area contributed by atoms with Crippen molar-refractivity contribution in [3.63, 3.8) is 0 Å². The van der Waals surface area contributed by atoms with Crippen molar-refractivity contribution in [3.05, 3.63) is 52.1 Å². The minimum absolute atomic E-state index is 0.0231. The third kappa shape index (κ3) is 3.95. The van der Waals surface area contributed by atoms with E-state index in [0.717, 1.165) is 37.4 Å². The molecular weight excluding hydrogens is 404 g/mol. The zero-order chi connectivity index (χ0) is 22.8. The van der Waals surface area contributed by atoms with Crippen molar-refractivity contribution in [1.29, 1.82) is 0 Å². The van der Waals surface area contributed by atoms with E-state index in [1.54, 1.807) is 4.68 Å². The maximum Gasteiger partial charge on any atom is 0.278 e. The van der Waals surface area contributed by atoms with E-state index in [4.69, 9.17) is 0 Å². The van der Waals surface area contributed by atoms with Crippen LogP contribution in [0, 0.1) is 13.8 Å². The number of rotatable bonds is 6. The number of carbonyl (C=O) groups is 1. The fraction of sp³-hybridized carbons (Fsp3) is 0.500. The molecule has 32 heavy (non-hydrogen) atoms. The molecule has 0 N–H and O–H groups in total. The van der Waals surface area contributed by atoms with Gasteiger partial charge in [-0.15, -0.1) is 0 Å². The first-order valence-corrected chi connectivity index (χ1v) is 11.5. The number of piperazine rings is 1. The van der Waals surface area contributed by atoms with E-state index in [1.807, 2.05) is 56.0 Å². The van der Waals surface area contributed by atoms with Crippen molar-refractivity contribution >= 4 is 16.8 Å². The molecule has 1 aliphatic rings. The molecule has 8 nitrogen and oxygen atoms in total. The Morgan fingerprint density at radius 3 is 2.34 bits per heavy atom. The fourth-order valence-electron chi connectivity index (χ4n) is 4.58. The van der Waals surface area contributed by atoms with Crippen LogP contribution in [0.25, 0.3) is 16.6 Å². The number of fused-ring (bicyclic) bond motifs is 1. The summed E-state index contributed by atoms with van der Waals surface area (Å²) in [5.74, 6) is -0.0231. The number of carbonyl (C=O) groups excluding carboxylic acids is 1. The predicted octanol–water partition coefficient (Wildman–Crippen LogP) is 2.70. The quantitative estimate of drug-likeness (QED) is 0.594. The Bertz CT molecular complexity index is 1160. The molecule has 8 heteroatoms. The number of hydrogen-bond donors (Lipinski definition) is 0. The van der Waals surface area contributed by atoms with Gasteiger partial charge in [0.1, 0.15) is 11.6 Å². The Morgan fingerprint density at radius 1 is 1.03 bits per heavy atom. The van der Waals surface area contributed by atoms with E-state index < -0.39 is 6.04 Å². The van der Waals surface area contributed by atoms with Gasteiger partial charge in [0.2, 0.25) is 5.91 Å². The number of aromatic nitrogens is 4. The van der Waals surface area contributed by atoms with Gasteiger partial charge in [-0.3, -0.25) is 14.5 Å². The van der Waals surface area contributed by atoms with Gasteiger partial charge in [-0.05, 0) is 45.4 Å². The SMILES string of the molecule is CCCN1CCN(C(=O)[C@@H](CC)n2nc(C)c3nn(-c4ccccc4)c(C)c3c2=O)CC1. The van der Waals surface area contributed by atoms with E-state index in [0.29, 0.717) is 36.1 Å². The fourth-order valence-corrected chi connectivity index (χ4v) is 4.58. The molecule has 4 rings (SSSR count). The number of hydrogen-bond acceptors (Lipinski definition) is 5. The lowest BCUT2D eigenvalue weighted by Gasteiger charge is -2.36. The van der Waals surface area contributed by atoms with Crippen molar-refractivity contribution in [2.75, 3.05) is 32.7 Å². The smallest absolute Gasteiger partial charge is 0.278 e. The summed E-state index contributed by atoms with van der Waals surface area (Å²) >= 11 is 0. The van der Waals surface area contributed by atoms with Crippen LogP contribution in [0.3, 0.4) is 0 Å². The number of aryl methyl sites for hydroxylation is 2. The van der Waals surface area contributed by atoms with Crippen LogP contribution in [0.5, 0.6) is 0 Å². The number of para-hydroxylation sites is 1.